The van der Waals surface area contributed by atoms with Gasteiger partial charge < -0.3 is 5.11 Å². The molecule has 0 aromatic heterocycles. The predicted octanol–water partition coefficient (Wildman–Crippen LogP) is 2.44. The summed E-state index contributed by atoms with van der Waals surface area (Å²) < 4.78 is 25.3. The van der Waals surface area contributed by atoms with Crippen LogP contribution in [0.4, 0.5) is 0 Å². The number of rotatable bonds is 5. The molecule has 0 amide bonds. The highest BCUT2D eigenvalue weighted by Crippen LogP contribution is 2.33. The van der Waals surface area contributed by atoms with E-state index in [9.17, 15) is 13.2 Å². The van der Waals surface area contributed by atoms with Crippen molar-refractivity contribution >= 4 is 16.0 Å². The molecule has 116 valence electrons. The molecule has 21 heavy (non-hydrogen) atoms. The molecule has 5 nitrogen and oxygen atoms in total. The van der Waals surface area contributed by atoms with Crippen molar-refractivity contribution in [3.05, 3.63) is 29.8 Å². The molecule has 0 spiro atoms. The van der Waals surface area contributed by atoms with Gasteiger partial charge in [-0.05, 0) is 36.5 Å². The van der Waals surface area contributed by atoms with Crippen molar-refractivity contribution in [2.75, 3.05) is 13.6 Å². The molecule has 0 saturated heterocycles. The van der Waals surface area contributed by atoms with Crippen LogP contribution in [0.3, 0.4) is 0 Å². The van der Waals surface area contributed by atoms with Gasteiger partial charge in [0.1, 0.15) is 6.54 Å². The molecule has 0 heterocycles. The van der Waals surface area contributed by atoms with Crippen molar-refractivity contribution in [3.8, 4) is 0 Å². The number of likely N-dealkylation sites (N-methyl/N-ethyl adjacent to an activating group) is 1. The lowest BCUT2D eigenvalue weighted by atomic mass is 9.84. The summed E-state index contributed by atoms with van der Waals surface area (Å²) in [5, 5.41) is 8.70. The van der Waals surface area contributed by atoms with Gasteiger partial charge in [-0.2, -0.15) is 4.31 Å². The maximum absolute atomic E-state index is 12.2. The number of benzene rings is 1. The number of hydrogen-bond donors (Lipinski definition) is 1. The van der Waals surface area contributed by atoms with Crippen LogP contribution >= 0.6 is 0 Å². The minimum atomic E-state index is -3.73. The van der Waals surface area contributed by atoms with Crippen molar-refractivity contribution in [1.29, 1.82) is 0 Å². The summed E-state index contributed by atoms with van der Waals surface area (Å²) in [5.41, 5.74) is 1.18. The Kier molecular flexibility index (Phi) is 5.00. The fraction of sp³-hybridized carbons (Fsp3) is 0.533. The van der Waals surface area contributed by atoms with Gasteiger partial charge in [-0.1, -0.05) is 31.4 Å². The average Bonchev–Trinajstić information content (AvgIpc) is 2.47. The molecule has 1 aliphatic carbocycles. The number of carboxylic acid groups (broad SMARTS) is 1. The third-order valence-electron chi connectivity index (χ3n) is 4.02. The van der Waals surface area contributed by atoms with Gasteiger partial charge in [0.15, 0.2) is 0 Å². The van der Waals surface area contributed by atoms with Gasteiger partial charge in [-0.25, -0.2) is 8.42 Å². The van der Waals surface area contributed by atoms with Crippen LogP contribution in [-0.4, -0.2) is 37.4 Å². The van der Waals surface area contributed by atoms with Gasteiger partial charge in [0.05, 0.1) is 4.90 Å². The molecule has 1 aromatic carbocycles. The predicted molar refractivity (Wildman–Crippen MR) is 79.7 cm³/mol. The Morgan fingerprint density at radius 3 is 2.29 bits per heavy atom. The normalized spacial score (nSPS) is 17.0. The topological polar surface area (TPSA) is 74.7 Å². The maximum atomic E-state index is 12.2. The van der Waals surface area contributed by atoms with E-state index in [0.29, 0.717) is 5.92 Å². The summed E-state index contributed by atoms with van der Waals surface area (Å²) >= 11 is 0. The summed E-state index contributed by atoms with van der Waals surface area (Å²) in [4.78, 5) is 10.8. The van der Waals surface area contributed by atoms with E-state index < -0.39 is 22.5 Å². The average molecular weight is 311 g/mol. The molecule has 1 aliphatic rings. The molecule has 1 aromatic rings. The highest BCUT2D eigenvalue weighted by molar-refractivity contribution is 7.89. The molecule has 0 unspecified atom stereocenters. The van der Waals surface area contributed by atoms with Crippen LogP contribution in [0.2, 0.25) is 0 Å². The SMILES string of the molecule is CN(CC(=O)O)S(=O)(=O)c1ccc(C2CCCCC2)cc1. The Balaban J connectivity index is 2.15. The lowest BCUT2D eigenvalue weighted by molar-refractivity contribution is -0.137. The molecule has 2 rings (SSSR count). The number of nitrogens with zero attached hydrogens (tertiary/aromatic N) is 1. The van der Waals surface area contributed by atoms with E-state index in [2.05, 4.69) is 0 Å². The van der Waals surface area contributed by atoms with E-state index in [0.717, 1.165) is 17.1 Å². The second-order valence-corrected chi connectivity index (χ2v) is 7.60. The quantitative estimate of drug-likeness (QED) is 0.906. The second kappa shape index (κ2) is 6.58. The number of carbonyl (C=O) groups is 1. The van der Waals surface area contributed by atoms with Gasteiger partial charge in [-0.3, -0.25) is 4.79 Å². The summed E-state index contributed by atoms with van der Waals surface area (Å²) in [6.07, 6.45) is 6.05. The van der Waals surface area contributed by atoms with E-state index in [1.165, 1.54) is 31.9 Å². The van der Waals surface area contributed by atoms with E-state index in [-0.39, 0.29) is 4.90 Å². The molecule has 1 saturated carbocycles. The first-order valence-electron chi connectivity index (χ1n) is 7.19. The number of aliphatic carboxylic acids is 1. The van der Waals surface area contributed by atoms with E-state index in [1.807, 2.05) is 12.1 Å². The van der Waals surface area contributed by atoms with Gasteiger partial charge in [0, 0.05) is 7.05 Å². The fourth-order valence-electron chi connectivity index (χ4n) is 2.80. The molecule has 1 fully saturated rings. The van der Waals surface area contributed by atoms with Crippen LogP contribution in [0.5, 0.6) is 0 Å². The lowest BCUT2D eigenvalue weighted by Gasteiger charge is -2.22. The van der Waals surface area contributed by atoms with E-state index in [1.54, 1.807) is 12.1 Å². The van der Waals surface area contributed by atoms with Gasteiger partial charge >= 0.3 is 5.97 Å². The second-order valence-electron chi connectivity index (χ2n) is 5.56. The van der Waals surface area contributed by atoms with Crippen LogP contribution in [0.1, 0.15) is 43.6 Å². The third kappa shape index (κ3) is 3.83. The number of hydrogen-bond acceptors (Lipinski definition) is 3. The van der Waals surface area contributed by atoms with Crippen LogP contribution in [0.15, 0.2) is 29.2 Å². The maximum Gasteiger partial charge on any atom is 0.318 e. The Morgan fingerprint density at radius 2 is 1.76 bits per heavy atom. The Bertz CT molecular complexity index is 589. The van der Waals surface area contributed by atoms with E-state index in [4.69, 9.17) is 5.11 Å². The lowest BCUT2D eigenvalue weighted by Crippen LogP contribution is -2.32. The number of sulfonamides is 1. The van der Waals surface area contributed by atoms with Crippen molar-refractivity contribution in [2.24, 2.45) is 0 Å². The first-order chi connectivity index (χ1) is 9.91. The zero-order valence-electron chi connectivity index (χ0n) is 12.2. The molecule has 1 N–H and O–H groups in total. The third-order valence-corrected chi connectivity index (χ3v) is 5.84. The molecular weight excluding hydrogens is 290 g/mol. The van der Waals surface area contributed by atoms with Crippen LogP contribution in [-0.2, 0) is 14.8 Å². The molecular formula is C15H21NO4S. The molecule has 0 atom stereocenters. The monoisotopic (exact) mass is 311 g/mol. The number of carboxylic acids is 1. The summed E-state index contributed by atoms with van der Waals surface area (Å²) in [6.45, 7) is -0.535. The zero-order chi connectivity index (χ0) is 15.5. The van der Waals surface area contributed by atoms with Gasteiger partial charge in [-0.15, -0.1) is 0 Å². The van der Waals surface area contributed by atoms with Crippen molar-refractivity contribution in [2.45, 2.75) is 42.9 Å². The Morgan fingerprint density at radius 1 is 1.19 bits per heavy atom. The van der Waals surface area contributed by atoms with Gasteiger partial charge in [0.2, 0.25) is 10.0 Å². The fourth-order valence-corrected chi connectivity index (χ4v) is 3.92. The van der Waals surface area contributed by atoms with E-state index >= 15 is 0 Å². The van der Waals surface area contributed by atoms with Crippen LogP contribution in [0, 0.1) is 0 Å². The largest absolute Gasteiger partial charge is 0.480 e. The summed E-state index contributed by atoms with van der Waals surface area (Å²) in [6, 6.07) is 6.88. The van der Waals surface area contributed by atoms with Crippen molar-refractivity contribution in [1.82, 2.24) is 4.31 Å². The standard InChI is InChI=1S/C15H21NO4S/c1-16(11-15(17)18)21(19,20)14-9-7-13(8-10-14)12-5-3-2-4-6-12/h7-10,12H,2-6,11H2,1H3,(H,17,18). The highest BCUT2D eigenvalue weighted by Gasteiger charge is 2.23. The highest BCUT2D eigenvalue weighted by atomic mass is 32.2. The van der Waals surface area contributed by atoms with Crippen LogP contribution in [0.25, 0.3) is 0 Å². The molecule has 6 heteroatoms. The first-order valence-corrected chi connectivity index (χ1v) is 8.63. The Labute approximate surface area is 125 Å². The van der Waals surface area contributed by atoms with Crippen molar-refractivity contribution < 1.29 is 18.3 Å². The van der Waals surface area contributed by atoms with Crippen molar-refractivity contribution in [3.63, 3.8) is 0 Å². The zero-order valence-corrected chi connectivity index (χ0v) is 13.0. The summed E-state index contributed by atoms with van der Waals surface area (Å²) in [5.74, 6) is -0.646. The summed E-state index contributed by atoms with van der Waals surface area (Å²) in [7, 11) is -2.45. The smallest absolute Gasteiger partial charge is 0.318 e. The minimum Gasteiger partial charge on any atom is -0.480 e. The molecule has 0 aliphatic heterocycles. The molecule has 0 radical (unpaired) electrons. The van der Waals surface area contributed by atoms with Gasteiger partial charge in [0.25, 0.3) is 0 Å². The Hall–Kier alpha value is -1.40. The minimum absolute atomic E-state index is 0.144. The molecule has 0 bridgehead atoms. The first kappa shape index (κ1) is 16.0. The van der Waals surface area contributed by atoms with Crippen LogP contribution < -0.4 is 0 Å².